The zero-order chi connectivity index (χ0) is 25.1. The first kappa shape index (κ1) is 24.6. The van der Waals surface area contributed by atoms with Crippen LogP contribution < -0.4 is 0 Å². The molecule has 8 heteroatoms. The van der Waals surface area contributed by atoms with Gasteiger partial charge in [0.2, 0.25) is 0 Å². The lowest BCUT2D eigenvalue weighted by Crippen LogP contribution is -2.36. The number of hydrogen-bond donors (Lipinski definition) is 2. The highest BCUT2D eigenvalue weighted by molar-refractivity contribution is 6.31. The molecule has 3 aromatic carbocycles. The average Bonchev–Trinajstić information content (AvgIpc) is 3.09. The number of aliphatic hydroxyl groups is 1. The Hall–Kier alpha value is -3.55. The third-order valence-corrected chi connectivity index (χ3v) is 6.55. The molecule has 2 amide bonds. The largest absolute Gasteiger partial charge is 0.481 e. The summed E-state index contributed by atoms with van der Waals surface area (Å²) in [6.07, 6.45) is -0.576. The van der Waals surface area contributed by atoms with Crippen molar-refractivity contribution in [1.82, 2.24) is 4.90 Å². The zero-order valence-corrected chi connectivity index (χ0v) is 19.4. The van der Waals surface area contributed by atoms with Crippen LogP contribution in [0.25, 0.3) is 11.1 Å². The molecule has 180 valence electrons. The number of imide groups is 1. The number of carbonyl (C=O) groups is 3. The van der Waals surface area contributed by atoms with Crippen molar-refractivity contribution in [2.75, 3.05) is 6.54 Å². The molecular formula is C27H23ClFNO5. The highest BCUT2D eigenvalue weighted by Crippen LogP contribution is 2.27. The smallest absolute Gasteiger partial charge is 0.309 e. The van der Waals surface area contributed by atoms with Gasteiger partial charge in [0.15, 0.2) is 0 Å². The maximum Gasteiger partial charge on any atom is 0.309 e. The van der Waals surface area contributed by atoms with Gasteiger partial charge in [0.25, 0.3) is 11.8 Å². The SMILES string of the molecule is O=C(O)[C@@H](CCN1C(=O)c2ccccc2C1=O)[C@H](O)CCc1ccc(-c2ccc(F)c(Cl)c2)cc1. The van der Waals surface area contributed by atoms with Gasteiger partial charge in [0.05, 0.1) is 28.2 Å². The Bertz CT molecular complexity index is 1240. The third-order valence-electron chi connectivity index (χ3n) is 6.26. The second-order valence-corrected chi connectivity index (χ2v) is 8.88. The van der Waals surface area contributed by atoms with E-state index in [1.807, 2.05) is 24.3 Å². The zero-order valence-electron chi connectivity index (χ0n) is 18.7. The van der Waals surface area contributed by atoms with E-state index in [0.717, 1.165) is 21.6 Å². The summed E-state index contributed by atoms with van der Waals surface area (Å²) >= 11 is 5.85. The summed E-state index contributed by atoms with van der Waals surface area (Å²) in [5.74, 6) is -3.70. The number of nitrogens with zero attached hydrogens (tertiary/aromatic N) is 1. The van der Waals surface area contributed by atoms with E-state index in [2.05, 4.69) is 0 Å². The maximum absolute atomic E-state index is 13.4. The lowest BCUT2D eigenvalue weighted by molar-refractivity contribution is -0.146. The van der Waals surface area contributed by atoms with Gasteiger partial charge in [-0.1, -0.05) is 54.1 Å². The summed E-state index contributed by atoms with van der Waals surface area (Å²) in [4.78, 5) is 37.9. The molecule has 0 saturated carbocycles. The van der Waals surface area contributed by atoms with E-state index >= 15 is 0 Å². The van der Waals surface area contributed by atoms with Crippen molar-refractivity contribution in [2.24, 2.45) is 5.92 Å². The summed E-state index contributed by atoms with van der Waals surface area (Å²) < 4.78 is 13.4. The van der Waals surface area contributed by atoms with Gasteiger partial charge in [-0.05, 0) is 60.2 Å². The number of benzene rings is 3. The molecule has 6 nitrogen and oxygen atoms in total. The number of aliphatic carboxylic acids is 1. The maximum atomic E-state index is 13.4. The fourth-order valence-electron chi connectivity index (χ4n) is 4.25. The molecule has 0 spiro atoms. The van der Waals surface area contributed by atoms with E-state index < -0.39 is 35.6 Å². The highest BCUT2D eigenvalue weighted by Gasteiger charge is 2.36. The molecule has 0 radical (unpaired) electrons. The van der Waals surface area contributed by atoms with Gasteiger partial charge in [-0.15, -0.1) is 0 Å². The predicted octanol–water partition coefficient (Wildman–Crippen LogP) is 4.83. The number of rotatable bonds is 9. The van der Waals surface area contributed by atoms with E-state index in [1.54, 1.807) is 36.4 Å². The molecule has 0 aliphatic carbocycles. The van der Waals surface area contributed by atoms with Gasteiger partial charge in [0, 0.05) is 6.54 Å². The molecule has 1 aliphatic rings. The minimum atomic E-state index is -1.18. The topological polar surface area (TPSA) is 94.9 Å². The van der Waals surface area contributed by atoms with E-state index in [-0.39, 0.29) is 24.4 Å². The molecule has 0 saturated heterocycles. The molecule has 1 aliphatic heterocycles. The molecule has 4 rings (SSSR count). The molecule has 35 heavy (non-hydrogen) atoms. The molecule has 0 fully saturated rings. The number of carbonyl (C=O) groups excluding carboxylic acids is 2. The van der Waals surface area contributed by atoms with Crippen molar-refractivity contribution in [2.45, 2.75) is 25.4 Å². The van der Waals surface area contributed by atoms with Gasteiger partial charge in [-0.3, -0.25) is 19.3 Å². The summed E-state index contributed by atoms with van der Waals surface area (Å²) in [6, 6.07) is 18.3. The van der Waals surface area contributed by atoms with Crippen molar-refractivity contribution in [3.05, 3.63) is 94.3 Å². The molecule has 3 aromatic rings. The van der Waals surface area contributed by atoms with Crippen LogP contribution in [0, 0.1) is 11.7 Å². The molecule has 0 aromatic heterocycles. The predicted molar refractivity (Wildman–Crippen MR) is 129 cm³/mol. The minimum Gasteiger partial charge on any atom is -0.481 e. The summed E-state index contributed by atoms with van der Waals surface area (Å²) in [7, 11) is 0. The number of halogens is 2. The lowest BCUT2D eigenvalue weighted by Gasteiger charge is -2.22. The molecule has 0 bridgehead atoms. The van der Waals surface area contributed by atoms with Crippen molar-refractivity contribution in [3.63, 3.8) is 0 Å². The Morgan fingerprint density at radius 2 is 1.51 bits per heavy atom. The molecule has 0 unspecified atom stereocenters. The monoisotopic (exact) mass is 495 g/mol. The number of carboxylic acid groups (broad SMARTS) is 1. The second kappa shape index (κ2) is 10.4. The van der Waals surface area contributed by atoms with Crippen LogP contribution in [-0.2, 0) is 11.2 Å². The second-order valence-electron chi connectivity index (χ2n) is 8.47. The fraction of sp³-hybridized carbons (Fsp3) is 0.222. The molecule has 1 heterocycles. The van der Waals surface area contributed by atoms with Crippen LogP contribution >= 0.6 is 11.6 Å². The number of aliphatic hydroxyl groups excluding tert-OH is 1. The Morgan fingerprint density at radius 1 is 0.914 bits per heavy atom. The van der Waals surface area contributed by atoms with E-state index in [9.17, 15) is 29.0 Å². The van der Waals surface area contributed by atoms with Crippen LogP contribution in [0.1, 0.15) is 39.1 Å². The van der Waals surface area contributed by atoms with Crippen LogP contribution in [-0.4, -0.2) is 45.5 Å². The van der Waals surface area contributed by atoms with Crippen molar-refractivity contribution >= 4 is 29.4 Å². The lowest BCUT2D eigenvalue weighted by atomic mass is 9.93. The first-order chi connectivity index (χ1) is 16.8. The van der Waals surface area contributed by atoms with Crippen molar-refractivity contribution < 1.29 is 29.0 Å². The summed E-state index contributed by atoms with van der Waals surface area (Å²) in [5, 5.41) is 20.3. The van der Waals surface area contributed by atoms with Gasteiger partial charge < -0.3 is 10.2 Å². The quantitative estimate of drug-likeness (QED) is 0.415. The van der Waals surface area contributed by atoms with E-state index in [4.69, 9.17) is 11.6 Å². The third kappa shape index (κ3) is 5.26. The average molecular weight is 496 g/mol. The number of fused-ring (bicyclic) bond motifs is 1. The Morgan fingerprint density at radius 3 is 2.09 bits per heavy atom. The Kier molecular flexibility index (Phi) is 7.28. The number of carboxylic acids is 1. The summed E-state index contributed by atoms with van der Waals surface area (Å²) in [6.45, 7) is -0.0880. The molecular weight excluding hydrogens is 473 g/mol. The van der Waals surface area contributed by atoms with E-state index in [0.29, 0.717) is 17.5 Å². The van der Waals surface area contributed by atoms with Crippen molar-refractivity contribution in [3.8, 4) is 11.1 Å². The molecule has 2 N–H and O–H groups in total. The highest BCUT2D eigenvalue weighted by atomic mass is 35.5. The van der Waals surface area contributed by atoms with Crippen LogP contribution in [0.4, 0.5) is 4.39 Å². The Balaban J connectivity index is 1.35. The minimum absolute atomic E-state index is 0.0376. The van der Waals surface area contributed by atoms with Crippen LogP contribution in [0.5, 0.6) is 0 Å². The van der Waals surface area contributed by atoms with Gasteiger partial charge >= 0.3 is 5.97 Å². The van der Waals surface area contributed by atoms with Gasteiger partial charge in [0.1, 0.15) is 5.82 Å². The standard InChI is InChI=1S/C27H23ClFNO5/c28-22-15-18(10-11-23(22)29)17-8-5-16(6-9-17)7-12-24(31)21(27(34)35)13-14-30-25(32)19-3-1-2-4-20(19)26(30)33/h1-6,8-11,15,21,24,31H,7,12-14H2,(H,34,35)/t21-,24+/m0/s1. The van der Waals surface area contributed by atoms with Crippen LogP contribution in [0.15, 0.2) is 66.7 Å². The number of amides is 2. The molecule has 2 atom stereocenters. The summed E-state index contributed by atoms with van der Waals surface area (Å²) in [5.41, 5.74) is 3.11. The van der Waals surface area contributed by atoms with Crippen LogP contribution in [0.3, 0.4) is 0 Å². The van der Waals surface area contributed by atoms with Crippen molar-refractivity contribution in [1.29, 1.82) is 0 Å². The Labute approximate surface area is 206 Å². The van der Waals surface area contributed by atoms with Gasteiger partial charge in [-0.2, -0.15) is 0 Å². The number of hydrogen-bond acceptors (Lipinski definition) is 4. The fourth-order valence-corrected chi connectivity index (χ4v) is 4.43. The van der Waals surface area contributed by atoms with Gasteiger partial charge in [-0.25, -0.2) is 4.39 Å². The van der Waals surface area contributed by atoms with Crippen LogP contribution in [0.2, 0.25) is 5.02 Å². The van der Waals surface area contributed by atoms with E-state index in [1.165, 1.54) is 6.07 Å². The first-order valence-electron chi connectivity index (χ1n) is 11.2. The normalized spacial score (nSPS) is 14.7. The number of aryl methyl sites for hydroxylation is 1. The first-order valence-corrected chi connectivity index (χ1v) is 11.5.